The number of hydrogen-bond donors (Lipinski definition) is 2. The summed E-state index contributed by atoms with van der Waals surface area (Å²) in [5.74, 6) is -0.946. The third-order valence-corrected chi connectivity index (χ3v) is 3.22. The number of carbonyl (C=O) groups excluding carboxylic acids is 1. The first kappa shape index (κ1) is 12.4. The Labute approximate surface area is 106 Å². The van der Waals surface area contributed by atoms with E-state index in [-0.39, 0.29) is 23.1 Å². The second kappa shape index (κ2) is 5.10. The molecule has 1 aromatic rings. The van der Waals surface area contributed by atoms with Gasteiger partial charge in [0.2, 0.25) is 5.91 Å². The molecule has 0 bridgehead atoms. The van der Waals surface area contributed by atoms with E-state index < -0.39 is 23.9 Å². The van der Waals surface area contributed by atoms with Crippen molar-refractivity contribution in [2.75, 3.05) is 11.9 Å². The summed E-state index contributed by atoms with van der Waals surface area (Å²) in [6, 6.07) is 4.02. The standard InChI is InChI=1S/C11H11BrF2N2O/c12-7-2-1-3-8(10(7)14)16-11(17)9-4-6(13)5-15-9/h1-3,6,9,15H,4-5H2,(H,16,17). The molecule has 17 heavy (non-hydrogen) atoms. The summed E-state index contributed by atoms with van der Waals surface area (Å²) >= 11 is 3.03. The Bertz CT molecular complexity index is 441. The number of rotatable bonds is 2. The van der Waals surface area contributed by atoms with Gasteiger partial charge in [0.05, 0.1) is 16.2 Å². The molecule has 1 saturated heterocycles. The molecule has 1 aromatic carbocycles. The van der Waals surface area contributed by atoms with Gasteiger partial charge >= 0.3 is 0 Å². The Balaban J connectivity index is 2.06. The number of amides is 1. The van der Waals surface area contributed by atoms with Crippen molar-refractivity contribution in [3.8, 4) is 0 Å². The van der Waals surface area contributed by atoms with Gasteiger partial charge in [-0.05, 0) is 28.1 Å². The fourth-order valence-electron chi connectivity index (χ4n) is 1.71. The monoisotopic (exact) mass is 304 g/mol. The minimum atomic E-state index is -1.02. The maximum atomic E-state index is 13.6. The predicted molar refractivity (Wildman–Crippen MR) is 64.0 cm³/mol. The normalized spacial score (nSPS) is 23.7. The van der Waals surface area contributed by atoms with Crippen molar-refractivity contribution in [1.82, 2.24) is 5.32 Å². The fraction of sp³-hybridized carbons (Fsp3) is 0.364. The van der Waals surface area contributed by atoms with Crippen molar-refractivity contribution in [3.05, 3.63) is 28.5 Å². The maximum absolute atomic E-state index is 13.6. The molecule has 6 heteroatoms. The number of hydrogen-bond acceptors (Lipinski definition) is 2. The quantitative estimate of drug-likeness (QED) is 0.880. The van der Waals surface area contributed by atoms with Crippen LogP contribution in [0.15, 0.2) is 22.7 Å². The molecule has 1 amide bonds. The maximum Gasteiger partial charge on any atom is 0.241 e. The Morgan fingerprint density at radius 3 is 2.94 bits per heavy atom. The summed E-state index contributed by atoms with van der Waals surface area (Å²) < 4.78 is 26.7. The molecule has 3 nitrogen and oxygen atoms in total. The molecule has 1 heterocycles. The molecule has 2 atom stereocenters. The summed E-state index contributed by atoms with van der Waals surface area (Å²) in [5, 5.41) is 5.18. The summed E-state index contributed by atoms with van der Waals surface area (Å²) in [4.78, 5) is 11.7. The number of halogens is 3. The van der Waals surface area contributed by atoms with Crippen molar-refractivity contribution < 1.29 is 13.6 Å². The largest absolute Gasteiger partial charge is 0.322 e. The zero-order valence-electron chi connectivity index (χ0n) is 8.84. The molecule has 0 saturated carbocycles. The van der Waals surface area contributed by atoms with Crippen LogP contribution >= 0.6 is 15.9 Å². The third kappa shape index (κ3) is 2.81. The molecule has 92 valence electrons. The Morgan fingerprint density at radius 2 is 2.29 bits per heavy atom. The molecule has 0 radical (unpaired) electrons. The van der Waals surface area contributed by atoms with Gasteiger partial charge in [0.15, 0.2) is 5.82 Å². The number of benzene rings is 1. The van der Waals surface area contributed by atoms with Gasteiger partial charge in [-0.25, -0.2) is 8.78 Å². The Hall–Kier alpha value is -1.01. The average molecular weight is 305 g/mol. The second-order valence-electron chi connectivity index (χ2n) is 3.88. The third-order valence-electron chi connectivity index (χ3n) is 2.60. The first-order valence-corrected chi connectivity index (χ1v) is 5.99. The molecular weight excluding hydrogens is 294 g/mol. The summed E-state index contributed by atoms with van der Waals surface area (Å²) in [6.45, 7) is 0.166. The van der Waals surface area contributed by atoms with E-state index in [1.165, 1.54) is 12.1 Å². The topological polar surface area (TPSA) is 41.1 Å². The lowest BCUT2D eigenvalue weighted by molar-refractivity contribution is -0.117. The highest BCUT2D eigenvalue weighted by molar-refractivity contribution is 9.10. The Morgan fingerprint density at radius 1 is 1.53 bits per heavy atom. The predicted octanol–water partition coefficient (Wildman–Crippen LogP) is 2.23. The highest BCUT2D eigenvalue weighted by atomic mass is 79.9. The smallest absolute Gasteiger partial charge is 0.241 e. The minimum absolute atomic E-state index is 0.0912. The SMILES string of the molecule is O=C(Nc1cccc(Br)c1F)C1CC(F)CN1. The van der Waals surface area contributed by atoms with Crippen molar-refractivity contribution in [3.63, 3.8) is 0 Å². The van der Waals surface area contributed by atoms with Gasteiger partial charge in [-0.1, -0.05) is 6.07 Å². The molecule has 2 unspecified atom stereocenters. The van der Waals surface area contributed by atoms with Crippen LogP contribution in [0.3, 0.4) is 0 Å². The van der Waals surface area contributed by atoms with Gasteiger partial charge in [0, 0.05) is 13.0 Å². The fourth-order valence-corrected chi connectivity index (χ4v) is 2.08. The lowest BCUT2D eigenvalue weighted by atomic mass is 10.2. The lowest BCUT2D eigenvalue weighted by Gasteiger charge is -2.11. The summed E-state index contributed by atoms with van der Waals surface area (Å²) in [5.41, 5.74) is 0.0912. The van der Waals surface area contributed by atoms with Crippen LogP contribution in [0.5, 0.6) is 0 Å². The first-order chi connectivity index (χ1) is 8.08. The van der Waals surface area contributed by atoms with Gasteiger partial charge in [0.1, 0.15) is 6.17 Å². The van der Waals surface area contributed by atoms with E-state index in [9.17, 15) is 13.6 Å². The van der Waals surface area contributed by atoms with Crippen molar-refractivity contribution in [1.29, 1.82) is 0 Å². The van der Waals surface area contributed by atoms with Crippen LogP contribution < -0.4 is 10.6 Å². The van der Waals surface area contributed by atoms with Crippen LogP contribution in [-0.4, -0.2) is 24.7 Å². The average Bonchev–Trinajstić information content (AvgIpc) is 2.72. The summed E-state index contributed by atoms with van der Waals surface area (Å²) in [6.07, 6.45) is -0.889. The zero-order chi connectivity index (χ0) is 12.4. The van der Waals surface area contributed by atoms with Crippen LogP contribution in [0.1, 0.15) is 6.42 Å². The van der Waals surface area contributed by atoms with Gasteiger partial charge in [0.25, 0.3) is 0 Å². The van der Waals surface area contributed by atoms with Crippen molar-refractivity contribution in [2.24, 2.45) is 0 Å². The molecule has 1 aliphatic heterocycles. The van der Waals surface area contributed by atoms with Crippen LogP contribution in [-0.2, 0) is 4.79 Å². The number of alkyl halides is 1. The number of nitrogens with one attached hydrogen (secondary N) is 2. The molecule has 1 fully saturated rings. The number of anilines is 1. The second-order valence-corrected chi connectivity index (χ2v) is 4.74. The summed E-state index contributed by atoms with van der Waals surface area (Å²) in [7, 11) is 0. The van der Waals surface area contributed by atoms with E-state index in [1.54, 1.807) is 6.07 Å². The van der Waals surface area contributed by atoms with E-state index in [0.717, 1.165) is 0 Å². The molecule has 2 N–H and O–H groups in total. The zero-order valence-corrected chi connectivity index (χ0v) is 10.4. The van der Waals surface area contributed by atoms with Crippen LogP contribution in [0, 0.1) is 5.82 Å². The van der Waals surface area contributed by atoms with Crippen molar-refractivity contribution in [2.45, 2.75) is 18.6 Å². The van der Waals surface area contributed by atoms with Crippen LogP contribution in [0.2, 0.25) is 0 Å². The van der Waals surface area contributed by atoms with E-state index in [1.807, 2.05) is 0 Å². The highest BCUT2D eigenvalue weighted by Crippen LogP contribution is 2.23. The van der Waals surface area contributed by atoms with E-state index in [4.69, 9.17) is 0 Å². The van der Waals surface area contributed by atoms with Crippen LogP contribution in [0.25, 0.3) is 0 Å². The molecular formula is C11H11BrF2N2O. The highest BCUT2D eigenvalue weighted by Gasteiger charge is 2.29. The van der Waals surface area contributed by atoms with Crippen molar-refractivity contribution >= 4 is 27.5 Å². The van der Waals surface area contributed by atoms with E-state index in [2.05, 4.69) is 26.6 Å². The molecule has 2 rings (SSSR count). The molecule has 1 aliphatic rings. The lowest BCUT2D eigenvalue weighted by Crippen LogP contribution is -2.35. The minimum Gasteiger partial charge on any atom is -0.322 e. The molecule has 0 aromatic heterocycles. The molecule has 0 aliphatic carbocycles. The van der Waals surface area contributed by atoms with Gasteiger partial charge in [-0.2, -0.15) is 0 Å². The van der Waals surface area contributed by atoms with Gasteiger partial charge < -0.3 is 10.6 Å². The van der Waals surface area contributed by atoms with Crippen LogP contribution in [0.4, 0.5) is 14.5 Å². The number of carbonyl (C=O) groups is 1. The molecule has 0 spiro atoms. The van der Waals surface area contributed by atoms with E-state index in [0.29, 0.717) is 0 Å². The first-order valence-electron chi connectivity index (χ1n) is 5.20. The van der Waals surface area contributed by atoms with Gasteiger partial charge in [-0.15, -0.1) is 0 Å². The Kier molecular flexibility index (Phi) is 3.73. The van der Waals surface area contributed by atoms with Gasteiger partial charge in [-0.3, -0.25) is 4.79 Å². The van der Waals surface area contributed by atoms with E-state index >= 15 is 0 Å².